The molecule has 2 aromatic rings. The lowest BCUT2D eigenvalue weighted by molar-refractivity contribution is -0.123. The van der Waals surface area contributed by atoms with Crippen LogP contribution in [0.15, 0.2) is 36.7 Å². The Bertz CT molecular complexity index is 666. The maximum Gasteiger partial charge on any atom is 0.387 e. The number of aromatic nitrogens is 2. The Morgan fingerprint density at radius 3 is 2.75 bits per heavy atom. The van der Waals surface area contributed by atoms with Crippen molar-refractivity contribution in [3.05, 3.63) is 47.8 Å². The molecule has 0 saturated heterocycles. The number of alkyl halides is 2. The molecule has 2 N–H and O–H groups in total. The van der Waals surface area contributed by atoms with E-state index in [2.05, 4.69) is 20.5 Å². The van der Waals surface area contributed by atoms with Crippen molar-refractivity contribution in [1.82, 2.24) is 20.4 Å². The van der Waals surface area contributed by atoms with Crippen LogP contribution in [0, 0.1) is 0 Å². The van der Waals surface area contributed by atoms with Crippen molar-refractivity contribution in [2.24, 2.45) is 7.05 Å². The van der Waals surface area contributed by atoms with Crippen molar-refractivity contribution in [2.45, 2.75) is 19.2 Å². The molecule has 0 aliphatic rings. The van der Waals surface area contributed by atoms with Gasteiger partial charge in [0.05, 0.1) is 6.20 Å². The second-order valence-corrected chi connectivity index (χ2v) is 4.91. The van der Waals surface area contributed by atoms with Crippen molar-refractivity contribution in [3.8, 4) is 5.75 Å². The molecular weight excluding hydrogens is 342 g/mol. The number of aryl methyl sites for hydroxylation is 1. The highest BCUT2D eigenvalue weighted by atomic mass is 35.5. The second-order valence-electron chi connectivity index (χ2n) is 4.91. The van der Waals surface area contributed by atoms with Crippen molar-refractivity contribution in [3.63, 3.8) is 0 Å². The Labute approximate surface area is 144 Å². The first-order valence-corrected chi connectivity index (χ1v) is 6.97. The molecule has 0 radical (unpaired) electrons. The monoisotopic (exact) mass is 360 g/mol. The smallest absolute Gasteiger partial charge is 0.387 e. The molecule has 0 saturated carbocycles. The van der Waals surface area contributed by atoms with Crippen LogP contribution in [0.2, 0.25) is 0 Å². The van der Waals surface area contributed by atoms with E-state index < -0.39 is 12.7 Å². The van der Waals surface area contributed by atoms with Crippen LogP contribution in [0.5, 0.6) is 5.75 Å². The summed E-state index contributed by atoms with van der Waals surface area (Å²) in [6, 6.07) is 5.67. The van der Waals surface area contributed by atoms with Gasteiger partial charge in [-0.3, -0.25) is 9.48 Å². The molecule has 1 heterocycles. The number of carbonyl (C=O) groups is 1. The summed E-state index contributed by atoms with van der Waals surface area (Å²) in [6.07, 6.45) is 3.36. The molecule has 1 aromatic carbocycles. The Balaban J connectivity index is 0.00000288. The number of benzene rings is 1. The fourth-order valence-electron chi connectivity index (χ4n) is 2.16. The summed E-state index contributed by atoms with van der Waals surface area (Å²) in [7, 11) is 3.44. The van der Waals surface area contributed by atoms with Gasteiger partial charge in [-0.2, -0.15) is 13.9 Å². The maximum atomic E-state index is 12.3. The largest absolute Gasteiger partial charge is 0.435 e. The van der Waals surface area contributed by atoms with Crippen LogP contribution in [-0.4, -0.2) is 29.3 Å². The number of rotatable bonds is 7. The topological polar surface area (TPSA) is 68.2 Å². The van der Waals surface area contributed by atoms with Gasteiger partial charge in [-0.1, -0.05) is 12.1 Å². The van der Waals surface area contributed by atoms with E-state index in [4.69, 9.17) is 0 Å². The highest BCUT2D eigenvalue weighted by molar-refractivity contribution is 5.85. The van der Waals surface area contributed by atoms with Crippen LogP contribution >= 0.6 is 12.4 Å². The molecule has 1 unspecified atom stereocenters. The zero-order valence-electron chi connectivity index (χ0n) is 13.2. The van der Waals surface area contributed by atoms with Gasteiger partial charge in [0.25, 0.3) is 0 Å². The van der Waals surface area contributed by atoms with Gasteiger partial charge in [-0.25, -0.2) is 0 Å². The number of likely N-dealkylation sites (N-methyl/N-ethyl adjacent to an activating group) is 1. The van der Waals surface area contributed by atoms with E-state index in [0.29, 0.717) is 5.56 Å². The molecule has 1 aromatic heterocycles. The molecule has 1 amide bonds. The fourth-order valence-corrected chi connectivity index (χ4v) is 2.16. The minimum Gasteiger partial charge on any atom is -0.435 e. The quantitative estimate of drug-likeness (QED) is 0.792. The molecule has 6 nitrogen and oxygen atoms in total. The first kappa shape index (κ1) is 19.9. The number of nitrogens with zero attached hydrogens (tertiary/aromatic N) is 2. The molecule has 9 heteroatoms. The Morgan fingerprint density at radius 1 is 1.42 bits per heavy atom. The number of amides is 1. The SMILES string of the molecule is CNC(C(=O)NCc1cccc(OC(F)F)c1)c1cnn(C)c1.Cl. The van der Waals surface area contributed by atoms with E-state index in [1.807, 2.05) is 0 Å². The molecule has 24 heavy (non-hydrogen) atoms. The first-order chi connectivity index (χ1) is 11.0. The van der Waals surface area contributed by atoms with E-state index in [9.17, 15) is 13.6 Å². The van der Waals surface area contributed by atoms with Crippen LogP contribution < -0.4 is 15.4 Å². The highest BCUT2D eigenvalue weighted by Crippen LogP contribution is 2.16. The number of halogens is 3. The van der Waals surface area contributed by atoms with Gasteiger partial charge in [-0.15, -0.1) is 12.4 Å². The van der Waals surface area contributed by atoms with Gasteiger partial charge in [0.1, 0.15) is 11.8 Å². The second kappa shape index (κ2) is 9.19. The molecule has 0 bridgehead atoms. The van der Waals surface area contributed by atoms with E-state index >= 15 is 0 Å². The van der Waals surface area contributed by atoms with Gasteiger partial charge in [-0.05, 0) is 24.7 Å². The molecule has 2 rings (SSSR count). The van der Waals surface area contributed by atoms with Crippen LogP contribution in [0.3, 0.4) is 0 Å². The predicted molar refractivity (Wildman–Crippen MR) is 87.2 cm³/mol. The van der Waals surface area contributed by atoms with Gasteiger partial charge in [0, 0.05) is 25.4 Å². The summed E-state index contributed by atoms with van der Waals surface area (Å²) < 4.78 is 30.3. The van der Waals surface area contributed by atoms with Crippen LogP contribution in [-0.2, 0) is 18.4 Å². The summed E-state index contributed by atoms with van der Waals surface area (Å²) in [6.45, 7) is -2.67. The van der Waals surface area contributed by atoms with Crippen molar-refractivity contribution >= 4 is 18.3 Å². The molecule has 0 spiro atoms. The first-order valence-electron chi connectivity index (χ1n) is 6.97. The number of ether oxygens (including phenoxy) is 1. The van der Waals surface area contributed by atoms with Gasteiger partial charge in [0.15, 0.2) is 0 Å². The molecule has 1 atom stereocenters. The molecule has 0 aliphatic carbocycles. The minimum absolute atomic E-state index is 0. The van der Waals surface area contributed by atoms with Crippen molar-refractivity contribution in [1.29, 1.82) is 0 Å². The normalized spacial score (nSPS) is 11.7. The van der Waals surface area contributed by atoms with Gasteiger partial charge >= 0.3 is 6.61 Å². The van der Waals surface area contributed by atoms with E-state index in [-0.39, 0.29) is 30.6 Å². The van der Waals surface area contributed by atoms with Crippen LogP contribution in [0.25, 0.3) is 0 Å². The predicted octanol–water partition coefficient (Wildman–Crippen LogP) is 2.02. The Kier molecular flexibility index (Phi) is 7.60. The van der Waals surface area contributed by atoms with E-state index in [1.54, 1.807) is 43.3 Å². The third-order valence-electron chi connectivity index (χ3n) is 3.20. The average molecular weight is 361 g/mol. The van der Waals surface area contributed by atoms with Gasteiger partial charge < -0.3 is 15.4 Å². The maximum absolute atomic E-state index is 12.3. The summed E-state index contributed by atoms with van der Waals surface area (Å²) in [5.41, 5.74) is 1.40. The molecule has 0 aliphatic heterocycles. The molecular formula is C15H19ClF2N4O2. The number of carbonyl (C=O) groups excluding carboxylic acids is 1. The van der Waals surface area contributed by atoms with Crippen molar-refractivity contribution < 1.29 is 18.3 Å². The van der Waals surface area contributed by atoms with Crippen LogP contribution in [0.1, 0.15) is 17.2 Å². The summed E-state index contributed by atoms with van der Waals surface area (Å²) >= 11 is 0. The lowest BCUT2D eigenvalue weighted by Gasteiger charge is -2.15. The molecule has 0 fully saturated rings. The third-order valence-corrected chi connectivity index (χ3v) is 3.20. The minimum atomic E-state index is -2.88. The zero-order valence-corrected chi connectivity index (χ0v) is 14.0. The Morgan fingerprint density at radius 2 is 2.17 bits per heavy atom. The van der Waals surface area contributed by atoms with E-state index in [1.165, 1.54) is 12.1 Å². The lowest BCUT2D eigenvalue weighted by atomic mass is 10.1. The highest BCUT2D eigenvalue weighted by Gasteiger charge is 2.19. The third kappa shape index (κ3) is 5.47. The zero-order chi connectivity index (χ0) is 16.8. The Hall–Kier alpha value is -2.19. The summed E-state index contributed by atoms with van der Waals surface area (Å²) in [5.74, 6) is -0.176. The number of hydrogen-bond donors (Lipinski definition) is 2. The van der Waals surface area contributed by atoms with E-state index in [0.717, 1.165) is 5.56 Å². The fraction of sp³-hybridized carbons (Fsp3) is 0.333. The van der Waals surface area contributed by atoms with Crippen LogP contribution in [0.4, 0.5) is 8.78 Å². The summed E-state index contributed by atoms with van der Waals surface area (Å²) in [5, 5.41) is 9.71. The van der Waals surface area contributed by atoms with Gasteiger partial charge in [0.2, 0.25) is 5.91 Å². The average Bonchev–Trinajstić information content (AvgIpc) is 2.92. The number of nitrogens with one attached hydrogen (secondary N) is 2. The summed E-state index contributed by atoms with van der Waals surface area (Å²) in [4.78, 5) is 12.3. The standard InChI is InChI=1S/C15H18F2N4O2.ClH/c1-18-13(11-8-20-21(2)9-11)14(22)19-7-10-4-3-5-12(6-10)23-15(16)17;/h3-6,8-9,13,15,18H,7H2,1-2H3,(H,19,22);1H. The molecule has 132 valence electrons. The van der Waals surface area contributed by atoms with Crippen molar-refractivity contribution in [2.75, 3.05) is 7.05 Å². The number of hydrogen-bond acceptors (Lipinski definition) is 4. The lowest BCUT2D eigenvalue weighted by Crippen LogP contribution is -2.35.